The first-order valence-corrected chi connectivity index (χ1v) is 6.17. The summed E-state index contributed by atoms with van der Waals surface area (Å²) in [5.74, 6) is -0.135. The fourth-order valence-electron chi connectivity index (χ4n) is 1.50. The van der Waals surface area contributed by atoms with E-state index in [1.54, 1.807) is 0 Å². The molecule has 1 aromatic carbocycles. The maximum absolute atomic E-state index is 10.9. The average molecular weight is 256 g/mol. The summed E-state index contributed by atoms with van der Waals surface area (Å²) in [4.78, 5) is 10.9. The van der Waals surface area contributed by atoms with E-state index in [1.807, 2.05) is 24.3 Å². The van der Waals surface area contributed by atoms with Gasteiger partial charge in [-0.2, -0.15) is 0 Å². The highest BCUT2D eigenvalue weighted by atomic mass is 35.5. The lowest BCUT2D eigenvalue weighted by Crippen LogP contribution is -2.03. The molecule has 0 aromatic heterocycles. The smallest absolute Gasteiger partial charge is 0.305 e. The van der Waals surface area contributed by atoms with Gasteiger partial charge in [0.15, 0.2) is 0 Å². The summed E-state index contributed by atoms with van der Waals surface area (Å²) >= 11 is 6.00. The molecule has 4 heteroatoms. The number of esters is 1. The molecule has 0 saturated carbocycles. The predicted octanol–water partition coefficient (Wildman–Crippen LogP) is 3.49. The minimum atomic E-state index is -0.135. The van der Waals surface area contributed by atoms with Crippen molar-refractivity contribution in [1.82, 2.24) is 0 Å². The number of para-hydroxylation sites is 1. The van der Waals surface area contributed by atoms with Gasteiger partial charge >= 0.3 is 5.97 Å². The number of benzene rings is 1. The van der Waals surface area contributed by atoms with E-state index >= 15 is 0 Å². The minimum absolute atomic E-state index is 0.135. The topological polar surface area (TPSA) is 38.3 Å². The fourth-order valence-corrected chi connectivity index (χ4v) is 1.70. The van der Waals surface area contributed by atoms with Crippen LogP contribution in [0.3, 0.4) is 0 Å². The largest absolute Gasteiger partial charge is 0.469 e. The normalized spacial score (nSPS) is 10.0. The molecule has 0 heterocycles. The van der Waals surface area contributed by atoms with Gasteiger partial charge in [-0.1, -0.05) is 30.2 Å². The fraction of sp³-hybridized carbons (Fsp3) is 0.462. The molecule has 0 saturated heterocycles. The highest BCUT2D eigenvalue weighted by molar-refractivity contribution is 6.33. The highest BCUT2D eigenvalue weighted by Crippen LogP contribution is 2.20. The first-order chi connectivity index (χ1) is 8.24. The molecule has 1 aromatic rings. The Morgan fingerprint density at radius 3 is 2.76 bits per heavy atom. The molecule has 0 fully saturated rings. The first kappa shape index (κ1) is 13.8. The number of ether oxygens (including phenoxy) is 1. The average Bonchev–Trinajstić information content (AvgIpc) is 2.35. The summed E-state index contributed by atoms with van der Waals surface area (Å²) < 4.78 is 4.57. The summed E-state index contributed by atoms with van der Waals surface area (Å²) in [6.45, 7) is 0.866. The van der Waals surface area contributed by atoms with Gasteiger partial charge in [-0.3, -0.25) is 4.79 Å². The molecular weight excluding hydrogens is 238 g/mol. The van der Waals surface area contributed by atoms with Gasteiger partial charge in [0.2, 0.25) is 0 Å². The van der Waals surface area contributed by atoms with Gasteiger partial charge < -0.3 is 10.1 Å². The minimum Gasteiger partial charge on any atom is -0.469 e. The van der Waals surface area contributed by atoms with E-state index in [2.05, 4.69) is 10.1 Å². The van der Waals surface area contributed by atoms with E-state index in [9.17, 15) is 4.79 Å². The van der Waals surface area contributed by atoms with Crippen LogP contribution in [-0.4, -0.2) is 19.6 Å². The zero-order chi connectivity index (χ0) is 12.5. The van der Waals surface area contributed by atoms with Crippen LogP contribution in [0.2, 0.25) is 5.02 Å². The lowest BCUT2D eigenvalue weighted by atomic mass is 10.2. The number of methoxy groups -OCH3 is 1. The Bertz CT molecular complexity index is 355. The maximum Gasteiger partial charge on any atom is 0.305 e. The van der Waals surface area contributed by atoms with Crippen LogP contribution < -0.4 is 5.32 Å². The first-order valence-electron chi connectivity index (χ1n) is 5.79. The number of unbranched alkanes of at least 4 members (excludes halogenated alkanes) is 2. The van der Waals surface area contributed by atoms with Crippen molar-refractivity contribution in [2.45, 2.75) is 25.7 Å². The second-order valence-corrected chi connectivity index (χ2v) is 4.20. The van der Waals surface area contributed by atoms with Crippen molar-refractivity contribution in [3.63, 3.8) is 0 Å². The molecule has 1 N–H and O–H groups in total. The standard InChI is InChI=1S/C13H18ClNO2/c1-17-13(16)9-3-2-6-10-15-12-8-5-4-7-11(12)14/h4-5,7-8,15H,2-3,6,9-10H2,1H3. The molecule has 0 spiro atoms. The second-order valence-electron chi connectivity index (χ2n) is 3.79. The van der Waals surface area contributed by atoms with Crippen LogP contribution in [0.1, 0.15) is 25.7 Å². The summed E-state index contributed by atoms with van der Waals surface area (Å²) in [6, 6.07) is 7.67. The molecule has 94 valence electrons. The number of nitrogens with one attached hydrogen (secondary N) is 1. The van der Waals surface area contributed by atoms with Crippen molar-refractivity contribution in [2.75, 3.05) is 19.0 Å². The Balaban J connectivity index is 2.09. The molecule has 0 amide bonds. The molecule has 0 radical (unpaired) electrons. The number of hydrogen-bond donors (Lipinski definition) is 1. The Labute approximate surface area is 107 Å². The van der Waals surface area contributed by atoms with Crippen molar-refractivity contribution in [2.24, 2.45) is 0 Å². The van der Waals surface area contributed by atoms with E-state index in [0.29, 0.717) is 6.42 Å². The molecule has 3 nitrogen and oxygen atoms in total. The molecule has 0 aliphatic rings. The Morgan fingerprint density at radius 1 is 1.29 bits per heavy atom. The number of halogens is 1. The van der Waals surface area contributed by atoms with Crippen LogP contribution in [0, 0.1) is 0 Å². The summed E-state index contributed by atoms with van der Waals surface area (Å²) in [5, 5.41) is 4.00. The second kappa shape index (κ2) is 7.96. The maximum atomic E-state index is 10.9. The van der Waals surface area contributed by atoms with Crippen molar-refractivity contribution in [3.05, 3.63) is 29.3 Å². The number of carbonyl (C=O) groups is 1. The lowest BCUT2D eigenvalue weighted by Gasteiger charge is -2.07. The van der Waals surface area contributed by atoms with E-state index in [4.69, 9.17) is 11.6 Å². The Morgan fingerprint density at radius 2 is 2.06 bits per heavy atom. The van der Waals surface area contributed by atoms with Gasteiger partial charge in [-0.05, 0) is 25.0 Å². The third-order valence-corrected chi connectivity index (χ3v) is 2.80. The molecule has 1 rings (SSSR count). The van der Waals surface area contributed by atoms with Crippen LogP contribution >= 0.6 is 11.6 Å². The van der Waals surface area contributed by atoms with Crippen LogP contribution in [0.4, 0.5) is 5.69 Å². The van der Waals surface area contributed by atoms with Gasteiger partial charge in [-0.15, -0.1) is 0 Å². The number of rotatable bonds is 7. The molecular formula is C13H18ClNO2. The summed E-state index contributed by atoms with van der Waals surface area (Å²) in [6.07, 6.45) is 3.40. The van der Waals surface area contributed by atoms with E-state index in [1.165, 1.54) is 7.11 Å². The van der Waals surface area contributed by atoms with Crippen LogP contribution in [-0.2, 0) is 9.53 Å². The lowest BCUT2D eigenvalue weighted by molar-refractivity contribution is -0.140. The molecule has 0 atom stereocenters. The SMILES string of the molecule is COC(=O)CCCCCNc1ccccc1Cl. The van der Waals surface area contributed by atoms with Crippen molar-refractivity contribution in [3.8, 4) is 0 Å². The quantitative estimate of drug-likeness (QED) is 0.599. The number of hydrogen-bond acceptors (Lipinski definition) is 3. The molecule has 0 aliphatic heterocycles. The van der Waals surface area contributed by atoms with Gasteiger partial charge in [-0.25, -0.2) is 0 Å². The molecule has 0 unspecified atom stereocenters. The molecule has 0 bridgehead atoms. The van der Waals surface area contributed by atoms with E-state index < -0.39 is 0 Å². The monoisotopic (exact) mass is 255 g/mol. The number of carbonyl (C=O) groups excluding carboxylic acids is 1. The molecule has 17 heavy (non-hydrogen) atoms. The third kappa shape index (κ3) is 5.59. The zero-order valence-corrected chi connectivity index (χ0v) is 10.8. The van der Waals surface area contributed by atoms with Crippen LogP contribution in [0.25, 0.3) is 0 Å². The number of anilines is 1. The van der Waals surface area contributed by atoms with Gasteiger partial charge in [0, 0.05) is 13.0 Å². The van der Waals surface area contributed by atoms with Crippen LogP contribution in [0.15, 0.2) is 24.3 Å². The van der Waals surface area contributed by atoms with Crippen molar-refractivity contribution in [1.29, 1.82) is 0 Å². The van der Waals surface area contributed by atoms with E-state index in [-0.39, 0.29) is 5.97 Å². The Hall–Kier alpha value is -1.22. The predicted molar refractivity (Wildman–Crippen MR) is 70.4 cm³/mol. The summed E-state index contributed by atoms with van der Waals surface area (Å²) in [7, 11) is 1.42. The van der Waals surface area contributed by atoms with Crippen molar-refractivity contribution < 1.29 is 9.53 Å². The van der Waals surface area contributed by atoms with Gasteiger partial charge in [0.05, 0.1) is 17.8 Å². The zero-order valence-electron chi connectivity index (χ0n) is 10.0. The van der Waals surface area contributed by atoms with Gasteiger partial charge in [0.25, 0.3) is 0 Å². The highest BCUT2D eigenvalue weighted by Gasteiger charge is 2.00. The molecule has 0 aliphatic carbocycles. The Kier molecular flexibility index (Phi) is 6.48. The van der Waals surface area contributed by atoms with Crippen LogP contribution in [0.5, 0.6) is 0 Å². The van der Waals surface area contributed by atoms with Gasteiger partial charge in [0.1, 0.15) is 0 Å². The van der Waals surface area contributed by atoms with E-state index in [0.717, 1.165) is 36.5 Å². The van der Waals surface area contributed by atoms with Crippen molar-refractivity contribution >= 4 is 23.3 Å². The third-order valence-electron chi connectivity index (χ3n) is 2.47. The summed E-state index contributed by atoms with van der Waals surface area (Å²) in [5.41, 5.74) is 0.960.